The molecule has 0 unspecified atom stereocenters. The first-order chi connectivity index (χ1) is 9.38. The minimum atomic E-state index is 0.776. The molecule has 0 saturated heterocycles. The molecule has 0 atom stereocenters. The van der Waals surface area contributed by atoms with E-state index in [1.54, 1.807) is 0 Å². The summed E-state index contributed by atoms with van der Waals surface area (Å²) in [6.07, 6.45) is 8.39. The van der Waals surface area contributed by atoms with Gasteiger partial charge in [-0.15, -0.1) is 0 Å². The molecular formula is C17H28N2. The molecule has 0 aromatic heterocycles. The summed E-state index contributed by atoms with van der Waals surface area (Å²) in [5, 5.41) is 0. The van der Waals surface area contributed by atoms with Crippen LogP contribution in [0.5, 0.6) is 0 Å². The summed E-state index contributed by atoms with van der Waals surface area (Å²) in [5.41, 5.74) is 8.10. The summed E-state index contributed by atoms with van der Waals surface area (Å²) < 4.78 is 0. The topological polar surface area (TPSA) is 38.4 Å². The van der Waals surface area contributed by atoms with Gasteiger partial charge in [-0.3, -0.25) is 4.99 Å². The highest BCUT2D eigenvalue weighted by molar-refractivity contribution is 6.00. The van der Waals surface area contributed by atoms with E-state index < -0.39 is 0 Å². The molecule has 1 rings (SSSR count). The summed E-state index contributed by atoms with van der Waals surface area (Å²) in [5.74, 6) is 0. The average Bonchev–Trinajstić information content (AvgIpc) is 2.46. The molecule has 1 aromatic carbocycles. The van der Waals surface area contributed by atoms with E-state index >= 15 is 0 Å². The maximum atomic E-state index is 5.57. The summed E-state index contributed by atoms with van der Waals surface area (Å²) in [4.78, 5) is 4.81. The Bertz CT molecular complexity index is 344. The first-order valence-electron chi connectivity index (χ1n) is 7.67. The Morgan fingerprint density at radius 2 is 1.79 bits per heavy atom. The van der Waals surface area contributed by atoms with Crippen LogP contribution in [0.1, 0.15) is 57.4 Å². The Balaban J connectivity index is 2.51. The smallest absolute Gasteiger partial charge is 0.0420 e. The monoisotopic (exact) mass is 260 g/mol. The maximum Gasteiger partial charge on any atom is 0.0420 e. The molecule has 0 spiro atoms. The predicted molar refractivity (Wildman–Crippen MR) is 84.9 cm³/mol. The maximum absolute atomic E-state index is 5.57. The number of rotatable bonds is 10. The average molecular weight is 260 g/mol. The van der Waals surface area contributed by atoms with Gasteiger partial charge in [-0.25, -0.2) is 0 Å². The van der Waals surface area contributed by atoms with Gasteiger partial charge in [0.25, 0.3) is 0 Å². The fourth-order valence-electron chi connectivity index (χ4n) is 2.13. The Kier molecular flexibility index (Phi) is 8.99. The van der Waals surface area contributed by atoms with Crippen molar-refractivity contribution in [3.8, 4) is 0 Å². The van der Waals surface area contributed by atoms with Gasteiger partial charge >= 0.3 is 0 Å². The molecule has 0 aliphatic rings. The van der Waals surface area contributed by atoms with Crippen molar-refractivity contribution in [3.63, 3.8) is 0 Å². The summed E-state index contributed by atoms with van der Waals surface area (Å²) in [7, 11) is 0. The Labute approximate surface area is 118 Å². The largest absolute Gasteiger partial charge is 0.330 e. The van der Waals surface area contributed by atoms with Crippen LogP contribution in [0.4, 0.5) is 0 Å². The van der Waals surface area contributed by atoms with Crippen LogP contribution in [-0.4, -0.2) is 18.8 Å². The van der Waals surface area contributed by atoms with Gasteiger partial charge in [0, 0.05) is 12.3 Å². The second-order valence-corrected chi connectivity index (χ2v) is 5.00. The van der Waals surface area contributed by atoms with Crippen LogP contribution in [0.25, 0.3) is 0 Å². The minimum Gasteiger partial charge on any atom is -0.330 e. The second kappa shape index (κ2) is 10.7. The molecular weight excluding hydrogens is 232 g/mol. The van der Waals surface area contributed by atoms with Gasteiger partial charge in [0.2, 0.25) is 0 Å². The quantitative estimate of drug-likeness (QED) is 0.497. The van der Waals surface area contributed by atoms with Crippen molar-refractivity contribution in [1.82, 2.24) is 0 Å². The molecule has 0 amide bonds. The minimum absolute atomic E-state index is 0.776. The molecule has 1 aromatic rings. The molecule has 106 valence electrons. The summed E-state index contributed by atoms with van der Waals surface area (Å²) >= 11 is 0. The Hall–Kier alpha value is -1.15. The lowest BCUT2D eigenvalue weighted by Crippen LogP contribution is -2.05. The van der Waals surface area contributed by atoms with Gasteiger partial charge in [0.15, 0.2) is 0 Å². The number of nitrogens with zero attached hydrogens (tertiary/aromatic N) is 1. The van der Waals surface area contributed by atoms with Gasteiger partial charge < -0.3 is 5.73 Å². The molecule has 0 aliphatic heterocycles. The first-order valence-corrected chi connectivity index (χ1v) is 7.67. The third kappa shape index (κ3) is 7.12. The van der Waals surface area contributed by atoms with Gasteiger partial charge in [0.1, 0.15) is 0 Å². The first kappa shape index (κ1) is 15.9. The molecule has 0 fully saturated rings. The van der Waals surface area contributed by atoms with Gasteiger partial charge in [-0.1, -0.05) is 56.5 Å². The van der Waals surface area contributed by atoms with E-state index in [1.807, 2.05) is 0 Å². The lowest BCUT2D eigenvalue weighted by Gasteiger charge is -2.07. The van der Waals surface area contributed by atoms with Crippen LogP contribution in [0.2, 0.25) is 0 Å². The van der Waals surface area contributed by atoms with Crippen LogP contribution in [0.3, 0.4) is 0 Å². The van der Waals surface area contributed by atoms with E-state index in [4.69, 9.17) is 10.7 Å². The van der Waals surface area contributed by atoms with Crippen molar-refractivity contribution in [1.29, 1.82) is 0 Å². The molecule has 2 nitrogen and oxygen atoms in total. The fourth-order valence-corrected chi connectivity index (χ4v) is 2.13. The summed E-state index contributed by atoms with van der Waals surface area (Å²) in [6, 6.07) is 10.6. The lowest BCUT2D eigenvalue weighted by molar-refractivity contribution is 0.673. The highest BCUT2D eigenvalue weighted by Crippen LogP contribution is 2.09. The van der Waals surface area contributed by atoms with E-state index in [-0.39, 0.29) is 0 Å². The van der Waals surface area contributed by atoms with Crippen LogP contribution in [0, 0.1) is 0 Å². The molecule has 2 N–H and O–H groups in total. The van der Waals surface area contributed by atoms with Crippen LogP contribution >= 0.6 is 0 Å². The van der Waals surface area contributed by atoms with E-state index in [0.29, 0.717) is 0 Å². The van der Waals surface area contributed by atoms with Crippen molar-refractivity contribution in [2.75, 3.05) is 13.1 Å². The standard InChI is InChI=1S/C17H28N2/c1-2-3-4-10-15-19-17(13-8-9-14-18)16-11-6-5-7-12-16/h5-7,11-12H,2-4,8-10,13-15,18H2,1H3. The van der Waals surface area contributed by atoms with Crippen molar-refractivity contribution >= 4 is 5.71 Å². The zero-order valence-electron chi connectivity index (χ0n) is 12.3. The van der Waals surface area contributed by atoms with E-state index in [1.165, 1.54) is 37.0 Å². The zero-order valence-corrected chi connectivity index (χ0v) is 12.3. The number of benzene rings is 1. The van der Waals surface area contributed by atoms with Crippen LogP contribution in [-0.2, 0) is 0 Å². The normalized spacial score (nSPS) is 11.8. The van der Waals surface area contributed by atoms with E-state index in [9.17, 15) is 0 Å². The lowest BCUT2D eigenvalue weighted by atomic mass is 10.0. The third-order valence-electron chi connectivity index (χ3n) is 3.29. The van der Waals surface area contributed by atoms with E-state index in [0.717, 1.165) is 32.4 Å². The highest BCUT2D eigenvalue weighted by atomic mass is 14.7. The molecule has 0 radical (unpaired) electrons. The van der Waals surface area contributed by atoms with Crippen molar-refractivity contribution in [3.05, 3.63) is 35.9 Å². The van der Waals surface area contributed by atoms with Crippen LogP contribution < -0.4 is 5.73 Å². The number of aliphatic imine (C=N–C) groups is 1. The van der Waals surface area contributed by atoms with Gasteiger partial charge in [0.05, 0.1) is 0 Å². The molecule has 2 heteroatoms. The van der Waals surface area contributed by atoms with Gasteiger partial charge in [-0.05, 0) is 37.8 Å². The number of nitrogens with two attached hydrogens (primary N) is 1. The van der Waals surface area contributed by atoms with Crippen LogP contribution in [0.15, 0.2) is 35.3 Å². The fraction of sp³-hybridized carbons (Fsp3) is 0.588. The second-order valence-electron chi connectivity index (χ2n) is 5.00. The van der Waals surface area contributed by atoms with Crippen molar-refractivity contribution in [2.45, 2.75) is 51.9 Å². The predicted octanol–water partition coefficient (Wildman–Crippen LogP) is 4.19. The van der Waals surface area contributed by atoms with E-state index in [2.05, 4.69) is 37.3 Å². The zero-order chi connectivity index (χ0) is 13.8. The van der Waals surface area contributed by atoms with Crippen molar-refractivity contribution in [2.24, 2.45) is 10.7 Å². The Morgan fingerprint density at radius 3 is 2.47 bits per heavy atom. The Morgan fingerprint density at radius 1 is 1.00 bits per heavy atom. The van der Waals surface area contributed by atoms with Crippen molar-refractivity contribution < 1.29 is 0 Å². The number of hydrogen-bond acceptors (Lipinski definition) is 2. The molecule has 0 saturated carbocycles. The number of unbranched alkanes of at least 4 members (excludes halogenated alkanes) is 4. The number of hydrogen-bond donors (Lipinski definition) is 1. The van der Waals surface area contributed by atoms with Gasteiger partial charge in [-0.2, -0.15) is 0 Å². The SMILES string of the molecule is CCCCCCN=C(CCCCN)c1ccccc1. The molecule has 0 heterocycles. The molecule has 19 heavy (non-hydrogen) atoms. The third-order valence-corrected chi connectivity index (χ3v) is 3.29. The highest BCUT2D eigenvalue weighted by Gasteiger charge is 2.02. The summed E-state index contributed by atoms with van der Waals surface area (Å²) in [6.45, 7) is 3.98. The molecule has 0 aliphatic carbocycles. The molecule has 0 bridgehead atoms.